The molecule has 0 radical (unpaired) electrons. The predicted molar refractivity (Wildman–Crippen MR) is 55.9 cm³/mol. The van der Waals surface area contributed by atoms with Crippen LogP contribution in [0.1, 0.15) is 11.4 Å². The molecule has 0 aliphatic carbocycles. The standard InChI is InChI=1S/C9H15N3S/c1-8-9(11-7-10-8)6-12-2-4-13-5-3-12/h7H,2-6H2,1H3,(H,10,11). The lowest BCUT2D eigenvalue weighted by Gasteiger charge is -2.25. The van der Waals surface area contributed by atoms with E-state index >= 15 is 0 Å². The first-order valence-corrected chi connectivity index (χ1v) is 5.80. The molecule has 1 aromatic heterocycles. The summed E-state index contributed by atoms with van der Waals surface area (Å²) in [5.41, 5.74) is 2.41. The van der Waals surface area contributed by atoms with Gasteiger partial charge in [-0.3, -0.25) is 4.90 Å². The number of aryl methyl sites for hydroxylation is 1. The first-order chi connectivity index (χ1) is 6.36. The highest BCUT2D eigenvalue weighted by Crippen LogP contribution is 2.12. The summed E-state index contributed by atoms with van der Waals surface area (Å²) < 4.78 is 0. The molecule has 2 heterocycles. The van der Waals surface area contributed by atoms with Gasteiger partial charge in [0.15, 0.2) is 0 Å². The zero-order valence-electron chi connectivity index (χ0n) is 7.92. The Kier molecular flexibility index (Phi) is 2.90. The molecule has 1 aromatic rings. The molecule has 1 fully saturated rings. The largest absolute Gasteiger partial charge is 0.348 e. The Labute approximate surface area is 82.9 Å². The molecule has 72 valence electrons. The molecule has 1 aliphatic rings. The van der Waals surface area contributed by atoms with Crippen molar-refractivity contribution in [2.75, 3.05) is 24.6 Å². The van der Waals surface area contributed by atoms with E-state index in [1.807, 2.05) is 11.8 Å². The van der Waals surface area contributed by atoms with Crippen LogP contribution in [0, 0.1) is 6.92 Å². The summed E-state index contributed by atoms with van der Waals surface area (Å²) in [5.74, 6) is 2.53. The second-order valence-electron chi connectivity index (χ2n) is 3.36. The zero-order valence-corrected chi connectivity index (χ0v) is 8.73. The third kappa shape index (κ3) is 2.25. The molecule has 3 nitrogen and oxygen atoms in total. The van der Waals surface area contributed by atoms with Gasteiger partial charge in [0.05, 0.1) is 12.0 Å². The lowest BCUT2D eigenvalue weighted by Crippen LogP contribution is -2.32. The Morgan fingerprint density at radius 2 is 2.31 bits per heavy atom. The minimum Gasteiger partial charge on any atom is -0.348 e. The number of hydrogen-bond acceptors (Lipinski definition) is 3. The summed E-state index contributed by atoms with van der Waals surface area (Å²) in [6.45, 7) is 5.50. The van der Waals surface area contributed by atoms with Gasteiger partial charge in [0.2, 0.25) is 0 Å². The van der Waals surface area contributed by atoms with Gasteiger partial charge in [0.1, 0.15) is 0 Å². The van der Waals surface area contributed by atoms with E-state index in [-0.39, 0.29) is 0 Å². The summed E-state index contributed by atoms with van der Waals surface area (Å²) in [6, 6.07) is 0. The van der Waals surface area contributed by atoms with Crippen LogP contribution < -0.4 is 0 Å². The molecule has 0 spiro atoms. The number of aromatic amines is 1. The molecule has 4 heteroatoms. The van der Waals surface area contributed by atoms with Crippen molar-refractivity contribution in [3.63, 3.8) is 0 Å². The zero-order chi connectivity index (χ0) is 9.10. The van der Waals surface area contributed by atoms with E-state index in [1.165, 1.54) is 36.0 Å². The van der Waals surface area contributed by atoms with Gasteiger partial charge in [-0.05, 0) is 6.92 Å². The summed E-state index contributed by atoms with van der Waals surface area (Å²) in [4.78, 5) is 9.89. The molecule has 0 atom stereocenters. The number of aromatic nitrogens is 2. The minimum absolute atomic E-state index is 1.01. The highest BCUT2D eigenvalue weighted by Gasteiger charge is 2.12. The van der Waals surface area contributed by atoms with Gasteiger partial charge in [-0.25, -0.2) is 4.98 Å². The van der Waals surface area contributed by atoms with Crippen molar-refractivity contribution in [2.45, 2.75) is 13.5 Å². The van der Waals surface area contributed by atoms with Crippen molar-refractivity contribution < 1.29 is 0 Å². The smallest absolute Gasteiger partial charge is 0.0925 e. The highest BCUT2D eigenvalue weighted by molar-refractivity contribution is 7.99. The first kappa shape index (κ1) is 9.09. The molecular formula is C9H15N3S. The number of H-pyrrole nitrogens is 1. The summed E-state index contributed by atoms with van der Waals surface area (Å²) in [7, 11) is 0. The molecule has 0 bridgehead atoms. The molecule has 1 N–H and O–H groups in total. The quantitative estimate of drug-likeness (QED) is 0.774. The maximum atomic E-state index is 4.31. The van der Waals surface area contributed by atoms with Gasteiger partial charge >= 0.3 is 0 Å². The van der Waals surface area contributed by atoms with E-state index in [4.69, 9.17) is 0 Å². The van der Waals surface area contributed by atoms with Crippen LogP contribution in [-0.4, -0.2) is 39.5 Å². The van der Waals surface area contributed by atoms with Crippen molar-refractivity contribution in [2.24, 2.45) is 0 Å². The molecule has 13 heavy (non-hydrogen) atoms. The van der Waals surface area contributed by atoms with Crippen LogP contribution in [0.3, 0.4) is 0 Å². The average molecular weight is 197 g/mol. The van der Waals surface area contributed by atoms with Gasteiger partial charge in [0.25, 0.3) is 0 Å². The Balaban J connectivity index is 1.93. The second kappa shape index (κ2) is 4.15. The van der Waals surface area contributed by atoms with Crippen LogP contribution in [0.2, 0.25) is 0 Å². The van der Waals surface area contributed by atoms with Gasteiger partial charge in [0, 0.05) is 36.8 Å². The van der Waals surface area contributed by atoms with Crippen molar-refractivity contribution in [3.8, 4) is 0 Å². The van der Waals surface area contributed by atoms with Crippen LogP contribution in [0.4, 0.5) is 0 Å². The number of hydrogen-bond donors (Lipinski definition) is 1. The van der Waals surface area contributed by atoms with Crippen molar-refractivity contribution >= 4 is 11.8 Å². The summed E-state index contributed by atoms with van der Waals surface area (Å²) in [6.07, 6.45) is 1.78. The fourth-order valence-electron chi connectivity index (χ4n) is 1.52. The van der Waals surface area contributed by atoms with E-state index in [0.717, 1.165) is 6.54 Å². The fraction of sp³-hybridized carbons (Fsp3) is 0.667. The molecule has 0 aromatic carbocycles. The van der Waals surface area contributed by atoms with E-state index in [9.17, 15) is 0 Å². The SMILES string of the molecule is Cc1[nH]cnc1CN1CCSCC1. The average Bonchev–Trinajstić information content (AvgIpc) is 2.54. The van der Waals surface area contributed by atoms with Crippen LogP contribution in [-0.2, 0) is 6.54 Å². The van der Waals surface area contributed by atoms with Crippen LogP contribution in [0.25, 0.3) is 0 Å². The molecule has 0 saturated carbocycles. The van der Waals surface area contributed by atoms with E-state index in [1.54, 1.807) is 6.33 Å². The lowest BCUT2D eigenvalue weighted by molar-refractivity contribution is 0.291. The monoisotopic (exact) mass is 197 g/mol. The normalized spacial score (nSPS) is 19.2. The lowest BCUT2D eigenvalue weighted by atomic mass is 10.3. The van der Waals surface area contributed by atoms with Crippen LogP contribution in [0.15, 0.2) is 6.33 Å². The maximum absolute atomic E-state index is 4.31. The fourth-order valence-corrected chi connectivity index (χ4v) is 2.50. The van der Waals surface area contributed by atoms with Crippen molar-refractivity contribution in [1.82, 2.24) is 14.9 Å². The van der Waals surface area contributed by atoms with Gasteiger partial charge in [-0.1, -0.05) is 0 Å². The summed E-state index contributed by atoms with van der Waals surface area (Å²) >= 11 is 2.05. The number of nitrogens with one attached hydrogen (secondary N) is 1. The van der Waals surface area contributed by atoms with E-state index < -0.39 is 0 Å². The summed E-state index contributed by atoms with van der Waals surface area (Å²) in [5, 5.41) is 0. The van der Waals surface area contributed by atoms with Crippen molar-refractivity contribution in [3.05, 3.63) is 17.7 Å². The second-order valence-corrected chi connectivity index (χ2v) is 4.59. The number of thioether (sulfide) groups is 1. The van der Waals surface area contributed by atoms with Gasteiger partial charge in [-0.2, -0.15) is 11.8 Å². The topological polar surface area (TPSA) is 31.9 Å². The molecule has 0 amide bonds. The number of imidazole rings is 1. The van der Waals surface area contributed by atoms with Gasteiger partial charge in [-0.15, -0.1) is 0 Å². The van der Waals surface area contributed by atoms with E-state index in [0.29, 0.717) is 0 Å². The molecule has 0 unspecified atom stereocenters. The minimum atomic E-state index is 1.01. The van der Waals surface area contributed by atoms with Gasteiger partial charge < -0.3 is 4.98 Å². The third-order valence-corrected chi connectivity index (χ3v) is 3.35. The molecule has 1 aliphatic heterocycles. The van der Waals surface area contributed by atoms with Crippen LogP contribution in [0.5, 0.6) is 0 Å². The number of nitrogens with zero attached hydrogens (tertiary/aromatic N) is 2. The molecular weight excluding hydrogens is 182 g/mol. The Morgan fingerprint density at radius 1 is 1.54 bits per heavy atom. The number of rotatable bonds is 2. The third-order valence-electron chi connectivity index (χ3n) is 2.41. The van der Waals surface area contributed by atoms with Crippen molar-refractivity contribution in [1.29, 1.82) is 0 Å². The van der Waals surface area contributed by atoms with E-state index in [2.05, 4.69) is 21.8 Å². The Hall–Kier alpha value is -0.480. The maximum Gasteiger partial charge on any atom is 0.0925 e. The Bertz CT molecular complexity index is 266. The highest BCUT2D eigenvalue weighted by atomic mass is 32.2. The predicted octanol–water partition coefficient (Wildman–Crippen LogP) is 1.27. The molecule has 2 rings (SSSR count). The van der Waals surface area contributed by atoms with Crippen LogP contribution >= 0.6 is 11.8 Å². The first-order valence-electron chi connectivity index (χ1n) is 4.65. The molecule has 1 saturated heterocycles. The Morgan fingerprint density at radius 3 is 2.92 bits per heavy atom.